The Morgan fingerprint density at radius 2 is 1.75 bits per heavy atom. The minimum atomic E-state index is 0.0237. The molecular formula is C17H21ClN2. The van der Waals surface area contributed by atoms with Gasteiger partial charge >= 0.3 is 0 Å². The predicted octanol–water partition coefficient (Wildman–Crippen LogP) is 3.96. The zero-order valence-electron chi connectivity index (χ0n) is 12.0. The van der Waals surface area contributed by atoms with Crippen LogP contribution in [-0.2, 0) is 12.8 Å². The molecule has 1 unspecified atom stereocenters. The first-order valence-electron chi connectivity index (χ1n) is 6.94. The maximum atomic E-state index is 6.32. The number of aryl methyl sites for hydroxylation is 2. The van der Waals surface area contributed by atoms with Crippen molar-refractivity contribution in [2.24, 2.45) is 5.84 Å². The van der Waals surface area contributed by atoms with E-state index in [4.69, 9.17) is 17.4 Å². The highest BCUT2D eigenvalue weighted by molar-refractivity contribution is 6.31. The second kappa shape index (κ2) is 6.89. The average molecular weight is 289 g/mol. The average Bonchev–Trinajstić information content (AvgIpc) is 2.46. The molecule has 3 N–H and O–H groups in total. The van der Waals surface area contributed by atoms with E-state index in [1.807, 2.05) is 19.1 Å². The smallest absolute Gasteiger partial charge is 0.0515 e. The van der Waals surface area contributed by atoms with Crippen molar-refractivity contribution in [3.63, 3.8) is 0 Å². The van der Waals surface area contributed by atoms with E-state index >= 15 is 0 Å². The highest BCUT2D eigenvalue weighted by atomic mass is 35.5. The molecule has 0 saturated heterocycles. The predicted molar refractivity (Wildman–Crippen MR) is 85.8 cm³/mol. The topological polar surface area (TPSA) is 38.0 Å². The van der Waals surface area contributed by atoms with Gasteiger partial charge in [0.1, 0.15) is 0 Å². The fourth-order valence-corrected chi connectivity index (χ4v) is 2.69. The van der Waals surface area contributed by atoms with Crippen molar-refractivity contribution in [3.8, 4) is 0 Å². The quantitative estimate of drug-likeness (QED) is 0.646. The van der Waals surface area contributed by atoms with Gasteiger partial charge in [-0.05, 0) is 48.1 Å². The Morgan fingerprint density at radius 3 is 2.30 bits per heavy atom. The molecule has 0 aliphatic heterocycles. The molecule has 20 heavy (non-hydrogen) atoms. The monoisotopic (exact) mass is 288 g/mol. The zero-order chi connectivity index (χ0) is 14.5. The van der Waals surface area contributed by atoms with E-state index in [0.29, 0.717) is 0 Å². The summed E-state index contributed by atoms with van der Waals surface area (Å²) in [4.78, 5) is 0. The Labute approximate surface area is 125 Å². The number of nitrogens with one attached hydrogen (secondary N) is 1. The lowest BCUT2D eigenvalue weighted by molar-refractivity contribution is 0.552. The molecule has 0 bridgehead atoms. The largest absolute Gasteiger partial charge is 0.271 e. The first kappa shape index (κ1) is 15.0. The van der Waals surface area contributed by atoms with Gasteiger partial charge in [-0.2, -0.15) is 0 Å². The summed E-state index contributed by atoms with van der Waals surface area (Å²) in [5.74, 6) is 5.71. The lowest BCUT2D eigenvalue weighted by Gasteiger charge is -2.18. The van der Waals surface area contributed by atoms with Gasteiger partial charge in [-0.1, -0.05) is 54.9 Å². The molecule has 0 amide bonds. The Balaban J connectivity index is 2.19. The molecule has 0 spiro atoms. The molecule has 2 aromatic carbocycles. The van der Waals surface area contributed by atoms with Crippen LogP contribution in [0.25, 0.3) is 0 Å². The third-order valence-electron chi connectivity index (χ3n) is 3.60. The highest BCUT2D eigenvalue weighted by Crippen LogP contribution is 2.26. The number of nitrogens with two attached hydrogens (primary N) is 1. The van der Waals surface area contributed by atoms with Crippen LogP contribution in [0, 0.1) is 6.92 Å². The number of halogens is 1. The van der Waals surface area contributed by atoms with Crippen LogP contribution in [0.15, 0.2) is 42.5 Å². The molecule has 0 fully saturated rings. The summed E-state index contributed by atoms with van der Waals surface area (Å²) in [5, 5.41) is 0.762. The van der Waals surface area contributed by atoms with E-state index in [1.165, 1.54) is 11.1 Å². The molecule has 0 saturated carbocycles. The number of hydrogen-bond acceptors (Lipinski definition) is 2. The normalized spacial score (nSPS) is 12.4. The summed E-state index contributed by atoms with van der Waals surface area (Å²) in [6, 6.07) is 14.8. The van der Waals surface area contributed by atoms with Gasteiger partial charge in [-0.25, -0.2) is 0 Å². The molecule has 1 atom stereocenters. The van der Waals surface area contributed by atoms with Gasteiger partial charge in [0.2, 0.25) is 0 Å². The van der Waals surface area contributed by atoms with Gasteiger partial charge in [-0.15, -0.1) is 0 Å². The van der Waals surface area contributed by atoms with E-state index in [0.717, 1.165) is 29.0 Å². The molecule has 2 nitrogen and oxygen atoms in total. The van der Waals surface area contributed by atoms with Gasteiger partial charge in [0.05, 0.1) is 6.04 Å². The van der Waals surface area contributed by atoms with Crippen molar-refractivity contribution < 1.29 is 0 Å². The SMILES string of the molecule is CCc1ccc(CC(NN)c2ccc(C)cc2Cl)cc1. The van der Waals surface area contributed by atoms with Crippen LogP contribution in [0.5, 0.6) is 0 Å². The molecule has 3 heteroatoms. The van der Waals surface area contributed by atoms with Crippen molar-refractivity contribution in [1.29, 1.82) is 0 Å². The number of hydrogen-bond donors (Lipinski definition) is 2. The van der Waals surface area contributed by atoms with Crippen molar-refractivity contribution in [2.45, 2.75) is 32.7 Å². The Hall–Kier alpha value is -1.35. The Morgan fingerprint density at radius 1 is 1.10 bits per heavy atom. The summed E-state index contributed by atoms with van der Waals surface area (Å²) in [6.07, 6.45) is 1.88. The highest BCUT2D eigenvalue weighted by Gasteiger charge is 2.14. The van der Waals surface area contributed by atoms with Gasteiger partial charge in [0.25, 0.3) is 0 Å². The maximum absolute atomic E-state index is 6.32. The third kappa shape index (κ3) is 3.60. The summed E-state index contributed by atoms with van der Waals surface area (Å²) < 4.78 is 0. The molecule has 106 valence electrons. The van der Waals surface area contributed by atoms with Crippen molar-refractivity contribution in [1.82, 2.24) is 5.43 Å². The fourth-order valence-electron chi connectivity index (χ4n) is 2.32. The van der Waals surface area contributed by atoms with Crippen molar-refractivity contribution >= 4 is 11.6 Å². The van der Waals surface area contributed by atoms with E-state index in [1.54, 1.807) is 0 Å². The Kier molecular flexibility index (Phi) is 5.18. The third-order valence-corrected chi connectivity index (χ3v) is 3.93. The summed E-state index contributed by atoms with van der Waals surface area (Å²) >= 11 is 6.32. The lowest BCUT2D eigenvalue weighted by atomic mass is 9.97. The first-order chi connectivity index (χ1) is 9.63. The van der Waals surface area contributed by atoms with E-state index in [2.05, 4.69) is 42.7 Å². The van der Waals surface area contributed by atoms with Crippen LogP contribution >= 0.6 is 11.6 Å². The van der Waals surface area contributed by atoms with E-state index in [-0.39, 0.29) is 6.04 Å². The standard InChI is InChI=1S/C17H21ClN2/c1-3-13-5-7-14(8-6-13)11-17(20-19)15-9-4-12(2)10-16(15)18/h4-10,17,20H,3,11,19H2,1-2H3. The van der Waals surface area contributed by atoms with Gasteiger partial charge < -0.3 is 0 Å². The number of benzene rings is 2. The fraction of sp³-hybridized carbons (Fsp3) is 0.294. The van der Waals surface area contributed by atoms with Crippen LogP contribution in [0.4, 0.5) is 0 Å². The van der Waals surface area contributed by atoms with E-state index < -0.39 is 0 Å². The van der Waals surface area contributed by atoms with Crippen LogP contribution in [-0.4, -0.2) is 0 Å². The van der Waals surface area contributed by atoms with Crippen LogP contribution < -0.4 is 11.3 Å². The maximum Gasteiger partial charge on any atom is 0.0515 e. The minimum absolute atomic E-state index is 0.0237. The first-order valence-corrected chi connectivity index (χ1v) is 7.31. The number of hydrazine groups is 1. The Bertz CT molecular complexity index is 564. The molecule has 2 aromatic rings. The van der Waals surface area contributed by atoms with Crippen molar-refractivity contribution in [2.75, 3.05) is 0 Å². The zero-order valence-corrected chi connectivity index (χ0v) is 12.7. The van der Waals surface area contributed by atoms with Gasteiger partial charge in [0, 0.05) is 5.02 Å². The molecule has 0 radical (unpaired) electrons. The molecular weight excluding hydrogens is 268 g/mol. The summed E-state index contributed by atoms with van der Waals surface area (Å²) in [5.41, 5.74) is 7.67. The molecule has 0 heterocycles. The molecule has 0 aliphatic carbocycles. The number of rotatable bonds is 5. The van der Waals surface area contributed by atoms with Crippen LogP contribution in [0.1, 0.15) is 35.2 Å². The molecule has 2 rings (SSSR count). The van der Waals surface area contributed by atoms with Crippen molar-refractivity contribution in [3.05, 3.63) is 69.7 Å². The molecule has 0 aliphatic rings. The summed E-state index contributed by atoms with van der Waals surface area (Å²) in [6.45, 7) is 4.19. The van der Waals surface area contributed by atoms with Gasteiger partial charge in [-0.3, -0.25) is 11.3 Å². The minimum Gasteiger partial charge on any atom is -0.271 e. The lowest BCUT2D eigenvalue weighted by Crippen LogP contribution is -2.29. The molecule has 0 aromatic heterocycles. The summed E-state index contributed by atoms with van der Waals surface area (Å²) in [7, 11) is 0. The van der Waals surface area contributed by atoms with Gasteiger partial charge in [0.15, 0.2) is 0 Å². The van der Waals surface area contributed by atoms with Crippen LogP contribution in [0.2, 0.25) is 5.02 Å². The second-order valence-electron chi connectivity index (χ2n) is 5.12. The van der Waals surface area contributed by atoms with E-state index in [9.17, 15) is 0 Å². The second-order valence-corrected chi connectivity index (χ2v) is 5.53. The van der Waals surface area contributed by atoms with Crippen LogP contribution in [0.3, 0.4) is 0 Å².